The minimum Gasteiger partial charge on any atom is -0.309 e. The van der Waals surface area contributed by atoms with E-state index in [0.717, 1.165) is 32.1 Å². The van der Waals surface area contributed by atoms with Crippen molar-refractivity contribution in [3.05, 3.63) is 12.2 Å². The van der Waals surface area contributed by atoms with Gasteiger partial charge in [-0.3, -0.25) is 0 Å². The van der Waals surface area contributed by atoms with Gasteiger partial charge >= 0.3 is 0 Å². The summed E-state index contributed by atoms with van der Waals surface area (Å²) >= 11 is 0. The molecule has 2 aliphatic rings. The number of rotatable bonds is 3. The van der Waals surface area contributed by atoms with Gasteiger partial charge in [0.1, 0.15) is 0 Å². The number of hydrogen-bond acceptors (Lipinski definition) is 3. The van der Waals surface area contributed by atoms with Crippen molar-refractivity contribution in [2.75, 3.05) is 6.26 Å². The van der Waals surface area contributed by atoms with E-state index >= 15 is 0 Å². The lowest BCUT2D eigenvalue weighted by Gasteiger charge is -2.23. The third-order valence-electron chi connectivity index (χ3n) is 3.46. The Balaban J connectivity index is 1.96. The third-order valence-corrected chi connectivity index (χ3v) is 5.12. The lowest BCUT2D eigenvalue weighted by molar-refractivity contribution is 0.439. The average molecular weight is 229 g/mol. The molecule has 4 heteroatoms. The van der Waals surface area contributed by atoms with Crippen molar-refractivity contribution in [1.82, 2.24) is 5.32 Å². The first kappa shape index (κ1) is 11.1. The van der Waals surface area contributed by atoms with Gasteiger partial charge in [-0.2, -0.15) is 0 Å². The average Bonchev–Trinajstić information content (AvgIpc) is 2.73. The van der Waals surface area contributed by atoms with E-state index in [1.54, 1.807) is 0 Å². The summed E-state index contributed by atoms with van der Waals surface area (Å²) in [5.74, 6) is 0. The smallest absolute Gasteiger partial charge is 0.151 e. The molecular formula is C11H19NO2S. The van der Waals surface area contributed by atoms with Crippen LogP contribution in [0.1, 0.15) is 32.1 Å². The van der Waals surface area contributed by atoms with E-state index in [0.29, 0.717) is 6.04 Å². The van der Waals surface area contributed by atoms with Crippen LogP contribution < -0.4 is 5.32 Å². The fraction of sp³-hybridized carbons (Fsp3) is 0.818. The van der Waals surface area contributed by atoms with Gasteiger partial charge in [-0.05, 0) is 25.7 Å². The maximum atomic E-state index is 11.6. The minimum absolute atomic E-state index is 0.155. The fourth-order valence-corrected chi connectivity index (χ4v) is 4.09. The molecule has 0 radical (unpaired) electrons. The topological polar surface area (TPSA) is 46.2 Å². The highest BCUT2D eigenvalue weighted by molar-refractivity contribution is 7.91. The number of sulfone groups is 1. The third kappa shape index (κ3) is 2.61. The number of hydrogen-bond donors (Lipinski definition) is 1. The summed E-state index contributed by atoms with van der Waals surface area (Å²) < 4.78 is 23.1. The molecule has 2 rings (SSSR count). The summed E-state index contributed by atoms with van der Waals surface area (Å²) in [7, 11) is -2.88. The molecule has 15 heavy (non-hydrogen) atoms. The van der Waals surface area contributed by atoms with Crippen molar-refractivity contribution in [1.29, 1.82) is 0 Å². The minimum atomic E-state index is -2.88. The molecule has 0 amide bonds. The quantitative estimate of drug-likeness (QED) is 0.741. The monoisotopic (exact) mass is 229 g/mol. The van der Waals surface area contributed by atoms with Gasteiger partial charge in [-0.25, -0.2) is 8.42 Å². The zero-order chi connectivity index (χ0) is 10.9. The highest BCUT2D eigenvalue weighted by Gasteiger charge is 2.35. The second kappa shape index (κ2) is 4.26. The van der Waals surface area contributed by atoms with Crippen LogP contribution in [0.2, 0.25) is 0 Å². The maximum absolute atomic E-state index is 11.6. The Morgan fingerprint density at radius 2 is 1.87 bits per heavy atom. The Bertz CT molecular complexity index is 340. The van der Waals surface area contributed by atoms with E-state index in [9.17, 15) is 8.42 Å². The molecule has 0 aromatic carbocycles. The van der Waals surface area contributed by atoms with Crippen molar-refractivity contribution >= 4 is 9.84 Å². The van der Waals surface area contributed by atoms with E-state index < -0.39 is 9.84 Å². The molecular weight excluding hydrogens is 210 g/mol. The van der Waals surface area contributed by atoms with E-state index in [1.165, 1.54) is 6.26 Å². The van der Waals surface area contributed by atoms with Gasteiger partial charge in [-0.15, -0.1) is 0 Å². The molecule has 3 nitrogen and oxygen atoms in total. The van der Waals surface area contributed by atoms with Crippen LogP contribution in [-0.4, -0.2) is 32.0 Å². The van der Waals surface area contributed by atoms with E-state index in [1.807, 2.05) is 0 Å². The van der Waals surface area contributed by atoms with Crippen LogP contribution in [0.25, 0.3) is 0 Å². The molecule has 0 heterocycles. The first-order valence-electron chi connectivity index (χ1n) is 5.67. The summed E-state index contributed by atoms with van der Waals surface area (Å²) in [6.45, 7) is 0. The summed E-state index contributed by atoms with van der Waals surface area (Å²) in [5.41, 5.74) is 0. The lowest BCUT2D eigenvalue weighted by atomic mass is 10.1. The molecule has 0 aromatic heterocycles. The lowest BCUT2D eigenvalue weighted by Crippen LogP contribution is -2.44. The van der Waals surface area contributed by atoms with Crippen molar-refractivity contribution in [3.63, 3.8) is 0 Å². The zero-order valence-corrected chi connectivity index (χ0v) is 9.96. The van der Waals surface area contributed by atoms with Crippen LogP contribution in [0.4, 0.5) is 0 Å². The largest absolute Gasteiger partial charge is 0.309 e. The molecule has 0 aliphatic heterocycles. The predicted molar refractivity (Wildman–Crippen MR) is 61.6 cm³/mol. The van der Waals surface area contributed by atoms with Crippen LogP contribution in [0.3, 0.4) is 0 Å². The maximum Gasteiger partial charge on any atom is 0.151 e. The Morgan fingerprint density at radius 1 is 1.20 bits per heavy atom. The molecule has 0 bridgehead atoms. The Hall–Kier alpha value is -0.350. The van der Waals surface area contributed by atoms with Gasteiger partial charge in [0, 0.05) is 18.3 Å². The standard InChI is InChI=1S/C11H19NO2S/c1-15(13,14)11-8-4-7-10(11)12-9-5-2-3-6-9/h2-3,9-12H,4-8H2,1H3. The molecule has 1 fully saturated rings. The van der Waals surface area contributed by atoms with Gasteiger partial charge in [0.25, 0.3) is 0 Å². The van der Waals surface area contributed by atoms with Gasteiger partial charge in [-0.1, -0.05) is 18.6 Å². The van der Waals surface area contributed by atoms with E-state index in [-0.39, 0.29) is 11.3 Å². The van der Waals surface area contributed by atoms with E-state index in [4.69, 9.17) is 0 Å². The van der Waals surface area contributed by atoms with Crippen LogP contribution in [-0.2, 0) is 9.84 Å². The molecule has 1 N–H and O–H groups in total. The molecule has 0 aromatic rings. The molecule has 1 saturated carbocycles. The summed E-state index contributed by atoms with van der Waals surface area (Å²) in [6.07, 6.45) is 10.7. The van der Waals surface area contributed by atoms with Crippen molar-refractivity contribution in [3.8, 4) is 0 Å². The van der Waals surface area contributed by atoms with Crippen LogP contribution >= 0.6 is 0 Å². The summed E-state index contributed by atoms with van der Waals surface area (Å²) in [4.78, 5) is 0. The predicted octanol–water partition coefficient (Wildman–Crippen LogP) is 1.26. The van der Waals surface area contributed by atoms with Gasteiger partial charge < -0.3 is 5.32 Å². The van der Waals surface area contributed by atoms with Gasteiger partial charge in [0.2, 0.25) is 0 Å². The van der Waals surface area contributed by atoms with Gasteiger partial charge in [0.05, 0.1) is 5.25 Å². The van der Waals surface area contributed by atoms with E-state index in [2.05, 4.69) is 17.5 Å². The molecule has 2 atom stereocenters. The SMILES string of the molecule is CS(=O)(=O)C1CCCC1NC1CC=CC1. The fourth-order valence-electron chi connectivity index (χ4n) is 2.69. The molecule has 0 spiro atoms. The summed E-state index contributed by atoms with van der Waals surface area (Å²) in [6, 6.07) is 0.655. The highest BCUT2D eigenvalue weighted by Crippen LogP contribution is 2.26. The van der Waals surface area contributed by atoms with Crippen molar-refractivity contribution < 1.29 is 8.42 Å². The molecule has 0 saturated heterocycles. The first-order chi connectivity index (χ1) is 7.07. The van der Waals surface area contributed by atoms with Crippen LogP contribution in [0.5, 0.6) is 0 Å². The number of nitrogens with one attached hydrogen (secondary N) is 1. The Kier molecular flexibility index (Phi) is 3.16. The molecule has 86 valence electrons. The summed E-state index contributed by atoms with van der Waals surface area (Å²) in [5, 5.41) is 3.34. The zero-order valence-electron chi connectivity index (χ0n) is 9.15. The van der Waals surface area contributed by atoms with Crippen molar-refractivity contribution in [2.24, 2.45) is 0 Å². The van der Waals surface area contributed by atoms with Crippen molar-refractivity contribution in [2.45, 2.75) is 49.4 Å². The van der Waals surface area contributed by atoms with Gasteiger partial charge in [0.15, 0.2) is 9.84 Å². The molecule has 2 aliphatic carbocycles. The Labute approximate surface area is 91.9 Å². The highest BCUT2D eigenvalue weighted by atomic mass is 32.2. The first-order valence-corrected chi connectivity index (χ1v) is 7.63. The van der Waals surface area contributed by atoms with Crippen LogP contribution in [0, 0.1) is 0 Å². The second-order valence-electron chi connectivity index (χ2n) is 4.71. The Morgan fingerprint density at radius 3 is 2.47 bits per heavy atom. The molecule has 2 unspecified atom stereocenters. The normalized spacial score (nSPS) is 32.6. The second-order valence-corrected chi connectivity index (χ2v) is 6.98. The van der Waals surface area contributed by atoms with Crippen LogP contribution in [0.15, 0.2) is 12.2 Å².